The van der Waals surface area contributed by atoms with Crippen molar-refractivity contribution in [2.24, 2.45) is 5.41 Å². The first-order valence-electron chi connectivity index (χ1n) is 6.45. The number of sulfonamides is 1. The molecule has 0 aromatic heterocycles. The molecule has 1 atom stereocenters. The number of rotatable bonds is 3. The van der Waals surface area contributed by atoms with E-state index in [0.29, 0.717) is 6.42 Å². The standard InChI is InChI=1S/C14H19NO4S/c1-10-4-6-11(7-5-10)20(18,19)15-9-14(2,3)8-12(15)13(16)17/h4-7,12H,8-9H2,1-3H3,(H,16,17). The van der Waals surface area contributed by atoms with Crippen LogP contribution in [-0.2, 0) is 14.8 Å². The molecule has 0 radical (unpaired) electrons. The first kappa shape index (κ1) is 15.0. The van der Waals surface area contributed by atoms with E-state index in [1.54, 1.807) is 12.1 Å². The Kier molecular flexibility index (Phi) is 3.64. The topological polar surface area (TPSA) is 74.7 Å². The van der Waals surface area contributed by atoms with Gasteiger partial charge in [0.25, 0.3) is 0 Å². The Hall–Kier alpha value is -1.40. The Morgan fingerprint density at radius 3 is 2.35 bits per heavy atom. The maximum absolute atomic E-state index is 12.6. The molecule has 1 fully saturated rings. The smallest absolute Gasteiger partial charge is 0.322 e. The quantitative estimate of drug-likeness (QED) is 0.924. The van der Waals surface area contributed by atoms with Gasteiger partial charge in [-0.3, -0.25) is 4.79 Å². The Labute approximate surface area is 119 Å². The van der Waals surface area contributed by atoms with E-state index in [0.717, 1.165) is 9.87 Å². The van der Waals surface area contributed by atoms with Gasteiger partial charge >= 0.3 is 5.97 Å². The van der Waals surface area contributed by atoms with E-state index in [4.69, 9.17) is 0 Å². The summed E-state index contributed by atoms with van der Waals surface area (Å²) >= 11 is 0. The van der Waals surface area contributed by atoms with Gasteiger partial charge in [0.2, 0.25) is 10.0 Å². The molecule has 1 N–H and O–H groups in total. The van der Waals surface area contributed by atoms with Crippen LogP contribution in [0, 0.1) is 12.3 Å². The summed E-state index contributed by atoms with van der Waals surface area (Å²) in [7, 11) is -3.77. The van der Waals surface area contributed by atoms with Crippen LogP contribution in [0.25, 0.3) is 0 Å². The van der Waals surface area contributed by atoms with Crippen molar-refractivity contribution in [1.29, 1.82) is 0 Å². The fraction of sp³-hybridized carbons (Fsp3) is 0.500. The first-order valence-corrected chi connectivity index (χ1v) is 7.89. The van der Waals surface area contributed by atoms with Gasteiger partial charge in [0.1, 0.15) is 6.04 Å². The fourth-order valence-corrected chi connectivity index (χ4v) is 4.30. The van der Waals surface area contributed by atoms with Gasteiger partial charge < -0.3 is 5.11 Å². The molecule has 1 aliphatic heterocycles. The van der Waals surface area contributed by atoms with Gasteiger partial charge in [-0.2, -0.15) is 4.31 Å². The summed E-state index contributed by atoms with van der Waals surface area (Å²) in [5.41, 5.74) is 0.626. The third kappa shape index (κ3) is 2.71. The SMILES string of the molecule is Cc1ccc(S(=O)(=O)N2CC(C)(C)CC2C(=O)O)cc1. The lowest BCUT2D eigenvalue weighted by molar-refractivity contribution is -0.140. The third-order valence-electron chi connectivity index (χ3n) is 3.59. The molecule has 1 heterocycles. The maximum Gasteiger partial charge on any atom is 0.322 e. The van der Waals surface area contributed by atoms with Crippen molar-refractivity contribution in [3.8, 4) is 0 Å². The van der Waals surface area contributed by atoms with Gasteiger partial charge in [-0.05, 0) is 30.9 Å². The lowest BCUT2D eigenvalue weighted by Crippen LogP contribution is -2.40. The predicted molar refractivity (Wildman–Crippen MR) is 74.9 cm³/mol. The highest BCUT2D eigenvalue weighted by atomic mass is 32.2. The van der Waals surface area contributed by atoms with Crippen molar-refractivity contribution >= 4 is 16.0 Å². The third-order valence-corrected chi connectivity index (χ3v) is 5.46. The average molecular weight is 297 g/mol. The molecular formula is C14H19NO4S. The van der Waals surface area contributed by atoms with Crippen molar-refractivity contribution in [1.82, 2.24) is 4.31 Å². The van der Waals surface area contributed by atoms with E-state index >= 15 is 0 Å². The predicted octanol–water partition coefficient (Wildman–Crippen LogP) is 1.87. The summed E-state index contributed by atoms with van der Waals surface area (Å²) in [6.45, 7) is 5.86. The minimum atomic E-state index is -3.77. The lowest BCUT2D eigenvalue weighted by Gasteiger charge is -2.21. The fourth-order valence-electron chi connectivity index (χ4n) is 2.53. The molecule has 1 aromatic rings. The van der Waals surface area contributed by atoms with E-state index in [1.165, 1.54) is 12.1 Å². The molecule has 1 saturated heterocycles. The average Bonchev–Trinajstić information content (AvgIpc) is 2.67. The van der Waals surface area contributed by atoms with Crippen molar-refractivity contribution in [3.63, 3.8) is 0 Å². The molecular weight excluding hydrogens is 278 g/mol. The number of aryl methyl sites for hydroxylation is 1. The Morgan fingerprint density at radius 2 is 1.85 bits per heavy atom. The van der Waals surface area contributed by atoms with Crippen LogP contribution >= 0.6 is 0 Å². The number of aliphatic carboxylic acids is 1. The number of hydrogen-bond acceptors (Lipinski definition) is 3. The summed E-state index contributed by atoms with van der Waals surface area (Å²) < 4.78 is 26.3. The Bertz CT molecular complexity index is 619. The molecule has 6 heteroatoms. The number of hydrogen-bond donors (Lipinski definition) is 1. The van der Waals surface area contributed by atoms with Crippen LogP contribution < -0.4 is 0 Å². The second-order valence-corrected chi connectivity index (χ2v) is 7.98. The first-order chi connectivity index (χ1) is 9.13. The van der Waals surface area contributed by atoms with Crippen molar-refractivity contribution < 1.29 is 18.3 Å². The molecule has 0 saturated carbocycles. The summed E-state index contributed by atoms with van der Waals surface area (Å²) in [5, 5.41) is 9.26. The molecule has 20 heavy (non-hydrogen) atoms. The number of nitrogens with zero attached hydrogens (tertiary/aromatic N) is 1. The van der Waals surface area contributed by atoms with E-state index in [9.17, 15) is 18.3 Å². The zero-order valence-corrected chi connectivity index (χ0v) is 12.6. The number of carbonyl (C=O) groups is 1. The Morgan fingerprint density at radius 1 is 1.30 bits per heavy atom. The zero-order valence-electron chi connectivity index (χ0n) is 11.8. The second kappa shape index (κ2) is 4.86. The number of carboxylic acid groups (broad SMARTS) is 1. The molecule has 1 aliphatic rings. The van der Waals surface area contributed by atoms with Crippen LogP contribution in [0.1, 0.15) is 25.8 Å². The monoisotopic (exact) mass is 297 g/mol. The van der Waals surface area contributed by atoms with E-state index in [2.05, 4.69) is 0 Å². The molecule has 0 spiro atoms. The molecule has 0 bridgehead atoms. The maximum atomic E-state index is 12.6. The molecule has 0 amide bonds. The van der Waals surface area contributed by atoms with Crippen LogP contribution in [0.2, 0.25) is 0 Å². The normalized spacial score (nSPS) is 22.9. The highest BCUT2D eigenvalue weighted by molar-refractivity contribution is 7.89. The summed E-state index contributed by atoms with van der Waals surface area (Å²) in [5.74, 6) is -1.09. The highest BCUT2D eigenvalue weighted by Crippen LogP contribution is 2.37. The molecule has 0 aliphatic carbocycles. The summed E-state index contributed by atoms with van der Waals surface area (Å²) in [6.07, 6.45) is 0.327. The van der Waals surface area contributed by atoms with Crippen molar-refractivity contribution in [2.75, 3.05) is 6.54 Å². The van der Waals surface area contributed by atoms with Crippen LogP contribution in [0.3, 0.4) is 0 Å². The summed E-state index contributed by atoms with van der Waals surface area (Å²) in [4.78, 5) is 11.5. The van der Waals surface area contributed by atoms with E-state index < -0.39 is 22.0 Å². The van der Waals surface area contributed by atoms with Crippen LogP contribution in [0.4, 0.5) is 0 Å². The van der Waals surface area contributed by atoms with E-state index in [1.807, 2.05) is 20.8 Å². The van der Waals surface area contributed by atoms with E-state index in [-0.39, 0.29) is 16.9 Å². The highest BCUT2D eigenvalue weighted by Gasteiger charge is 2.47. The Balaban J connectivity index is 2.42. The van der Waals surface area contributed by atoms with Crippen molar-refractivity contribution in [3.05, 3.63) is 29.8 Å². The van der Waals surface area contributed by atoms with Gasteiger partial charge in [0, 0.05) is 6.54 Å². The molecule has 1 aromatic carbocycles. The second-order valence-electron chi connectivity index (χ2n) is 6.09. The summed E-state index contributed by atoms with van der Waals surface area (Å²) in [6, 6.07) is 5.48. The number of carboxylic acids is 1. The molecule has 5 nitrogen and oxygen atoms in total. The minimum Gasteiger partial charge on any atom is -0.480 e. The molecule has 1 unspecified atom stereocenters. The molecule has 2 rings (SSSR count). The van der Waals surface area contributed by atoms with Gasteiger partial charge in [-0.15, -0.1) is 0 Å². The number of benzene rings is 1. The van der Waals surface area contributed by atoms with Crippen LogP contribution in [-0.4, -0.2) is 36.4 Å². The van der Waals surface area contributed by atoms with Gasteiger partial charge in [-0.1, -0.05) is 31.5 Å². The molecule has 110 valence electrons. The van der Waals surface area contributed by atoms with Crippen molar-refractivity contribution in [2.45, 2.75) is 38.1 Å². The van der Waals surface area contributed by atoms with Gasteiger partial charge in [0.15, 0.2) is 0 Å². The lowest BCUT2D eigenvalue weighted by atomic mass is 9.91. The van der Waals surface area contributed by atoms with Gasteiger partial charge in [-0.25, -0.2) is 8.42 Å². The zero-order chi connectivity index (χ0) is 15.1. The van der Waals surface area contributed by atoms with Crippen LogP contribution in [0.15, 0.2) is 29.2 Å². The largest absolute Gasteiger partial charge is 0.480 e. The van der Waals surface area contributed by atoms with Crippen LogP contribution in [0.5, 0.6) is 0 Å². The van der Waals surface area contributed by atoms with Gasteiger partial charge in [0.05, 0.1) is 4.90 Å². The minimum absolute atomic E-state index is 0.145.